The molecule has 3 nitrogen and oxygen atoms in total. The number of amides is 1. The molecule has 0 atom stereocenters. The Balaban J connectivity index is 2.96. The Morgan fingerprint density at radius 3 is 2.78 bits per heavy atom. The van der Waals surface area contributed by atoms with Gasteiger partial charge in [0.15, 0.2) is 0 Å². The highest BCUT2D eigenvalue weighted by Crippen LogP contribution is 2.24. The number of nitrogens with zero attached hydrogens (tertiary/aromatic N) is 1. The summed E-state index contributed by atoms with van der Waals surface area (Å²) in [7, 11) is 1.55. The van der Waals surface area contributed by atoms with Crippen molar-refractivity contribution in [3.05, 3.63) is 28.8 Å². The second kappa shape index (κ2) is 7.64. The normalized spacial score (nSPS) is 10.2. The third-order valence-electron chi connectivity index (χ3n) is 2.62. The first kappa shape index (κ1) is 15.3. The smallest absolute Gasteiger partial charge is 0.257 e. The summed E-state index contributed by atoms with van der Waals surface area (Å²) in [5.74, 6) is 0.513. The highest BCUT2D eigenvalue weighted by molar-refractivity contribution is 9.09. The van der Waals surface area contributed by atoms with Crippen LogP contribution in [0, 0.1) is 0 Å². The number of hydrogen-bond donors (Lipinski definition) is 0. The summed E-state index contributed by atoms with van der Waals surface area (Å²) in [6, 6.07) is 5.08. The van der Waals surface area contributed by atoms with Gasteiger partial charge in [-0.05, 0) is 31.5 Å². The lowest BCUT2D eigenvalue weighted by Gasteiger charge is -2.21. The molecule has 0 unspecified atom stereocenters. The predicted octanol–water partition coefficient (Wildman–Crippen LogP) is 3.60. The lowest BCUT2D eigenvalue weighted by molar-refractivity contribution is 0.0761. The fourth-order valence-corrected chi connectivity index (χ4v) is 2.09. The Hall–Kier alpha value is -0.740. The van der Waals surface area contributed by atoms with Crippen LogP contribution < -0.4 is 4.74 Å². The lowest BCUT2D eigenvalue weighted by atomic mass is 10.1. The summed E-state index contributed by atoms with van der Waals surface area (Å²) in [6.45, 7) is 3.35. The lowest BCUT2D eigenvalue weighted by Crippen LogP contribution is -2.32. The molecule has 0 heterocycles. The Kier molecular flexibility index (Phi) is 6.50. The zero-order valence-electron chi connectivity index (χ0n) is 10.6. The van der Waals surface area contributed by atoms with Gasteiger partial charge in [-0.1, -0.05) is 27.5 Å². The summed E-state index contributed by atoms with van der Waals surface area (Å²) in [4.78, 5) is 14.2. The highest BCUT2D eigenvalue weighted by Gasteiger charge is 2.18. The number of halogens is 2. The van der Waals surface area contributed by atoms with E-state index in [4.69, 9.17) is 16.3 Å². The minimum Gasteiger partial charge on any atom is -0.496 e. The van der Waals surface area contributed by atoms with Gasteiger partial charge < -0.3 is 9.64 Å². The van der Waals surface area contributed by atoms with Gasteiger partial charge in [-0.2, -0.15) is 0 Å². The van der Waals surface area contributed by atoms with Crippen molar-refractivity contribution in [3.8, 4) is 5.75 Å². The zero-order chi connectivity index (χ0) is 13.5. The molecule has 0 radical (unpaired) electrons. The number of carbonyl (C=O) groups is 1. The molecule has 0 fully saturated rings. The van der Waals surface area contributed by atoms with Gasteiger partial charge in [0.2, 0.25) is 0 Å². The average Bonchev–Trinajstić information content (AvgIpc) is 2.39. The number of ether oxygens (including phenoxy) is 1. The third-order valence-corrected chi connectivity index (χ3v) is 3.42. The van der Waals surface area contributed by atoms with Crippen molar-refractivity contribution in [3.63, 3.8) is 0 Å². The van der Waals surface area contributed by atoms with Gasteiger partial charge in [0.25, 0.3) is 5.91 Å². The van der Waals surface area contributed by atoms with Crippen LogP contribution >= 0.6 is 27.5 Å². The quantitative estimate of drug-likeness (QED) is 0.744. The van der Waals surface area contributed by atoms with E-state index in [-0.39, 0.29) is 5.91 Å². The number of carbonyl (C=O) groups excluding carboxylic acids is 1. The molecule has 1 rings (SSSR count). The molecule has 0 bridgehead atoms. The molecule has 0 spiro atoms. The van der Waals surface area contributed by atoms with Gasteiger partial charge >= 0.3 is 0 Å². The van der Waals surface area contributed by atoms with Crippen LogP contribution in [0.4, 0.5) is 0 Å². The van der Waals surface area contributed by atoms with Crippen molar-refractivity contribution in [1.29, 1.82) is 0 Å². The molecule has 0 saturated carbocycles. The average molecular weight is 335 g/mol. The van der Waals surface area contributed by atoms with E-state index in [1.165, 1.54) is 0 Å². The maximum Gasteiger partial charge on any atom is 0.257 e. The molecule has 5 heteroatoms. The topological polar surface area (TPSA) is 29.5 Å². The largest absolute Gasteiger partial charge is 0.496 e. The van der Waals surface area contributed by atoms with E-state index in [2.05, 4.69) is 15.9 Å². The fourth-order valence-electron chi connectivity index (χ4n) is 1.67. The number of benzene rings is 1. The molecular formula is C13H17BrClNO2. The summed E-state index contributed by atoms with van der Waals surface area (Å²) < 4.78 is 5.21. The van der Waals surface area contributed by atoms with Crippen molar-refractivity contribution >= 4 is 33.4 Å². The Bertz CT molecular complexity index is 412. The number of hydrogen-bond acceptors (Lipinski definition) is 2. The molecule has 1 amide bonds. The molecule has 0 aliphatic carbocycles. The van der Waals surface area contributed by atoms with Crippen molar-refractivity contribution < 1.29 is 9.53 Å². The predicted molar refractivity (Wildman–Crippen MR) is 78.0 cm³/mol. The van der Waals surface area contributed by atoms with Crippen LogP contribution in [-0.4, -0.2) is 36.3 Å². The number of methoxy groups -OCH3 is 1. The van der Waals surface area contributed by atoms with Crippen molar-refractivity contribution in [2.45, 2.75) is 13.3 Å². The summed E-state index contributed by atoms with van der Waals surface area (Å²) in [5, 5.41) is 1.42. The molecule has 0 aliphatic heterocycles. The van der Waals surface area contributed by atoms with E-state index >= 15 is 0 Å². The van der Waals surface area contributed by atoms with Gasteiger partial charge in [-0.15, -0.1) is 0 Å². The first-order valence-corrected chi connectivity index (χ1v) is 7.32. The van der Waals surface area contributed by atoms with Crippen LogP contribution in [0.2, 0.25) is 5.02 Å². The highest BCUT2D eigenvalue weighted by atomic mass is 79.9. The molecule has 1 aromatic carbocycles. The molecule has 0 N–H and O–H groups in total. The van der Waals surface area contributed by atoms with Crippen LogP contribution in [0.3, 0.4) is 0 Å². The summed E-state index contributed by atoms with van der Waals surface area (Å²) >= 11 is 9.30. The second-order valence-corrected chi connectivity index (χ2v) is 5.00. The molecule has 18 heavy (non-hydrogen) atoms. The standard InChI is InChI=1S/C13H17BrClNO2/c1-3-16(8-4-7-14)13(17)11-9-10(15)5-6-12(11)18-2/h5-6,9H,3-4,7-8H2,1-2H3. The molecule has 1 aromatic rings. The summed E-state index contributed by atoms with van der Waals surface area (Å²) in [5.41, 5.74) is 0.515. The van der Waals surface area contributed by atoms with Crippen molar-refractivity contribution in [2.24, 2.45) is 0 Å². The van der Waals surface area contributed by atoms with E-state index < -0.39 is 0 Å². The van der Waals surface area contributed by atoms with Gasteiger partial charge in [0.1, 0.15) is 5.75 Å². The number of alkyl halides is 1. The minimum absolute atomic E-state index is 0.0437. The van der Waals surface area contributed by atoms with E-state index in [1.807, 2.05) is 6.92 Å². The van der Waals surface area contributed by atoms with Gasteiger partial charge in [-0.25, -0.2) is 0 Å². The van der Waals surface area contributed by atoms with Crippen LogP contribution in [0.1, 0.15) is 23.7 Å². The van der Waals surface area contributed by atoms with Gasteiger partial charge in [0, 0.05) is 23.4 Å². The minimum atomic E-state index is -0.0437. The molecular weight excluding hydrogens is 318 g/mol. The monoisotopic (exact) mass is 333 g/mol. The third kappa shape index (κ3) is 3.89. The first-order chi connectivity index (χ1) is 8.63. The van der Waals surface area contributed by atoms with E-state index in [1.54, 1.807) is 30.2 Å². The van der Waals surface area contributed by atoms with Crippen LogP contribution in [0.15, 0.2) is 18.2 Å². The zero-order valence-corrected chi connectivity index (χ0v) is 12.9. The SMILES string of the molecule is CCN(CCCBr)C(=O)c1cc(Cl)ccc1OC. The van der Waals surface area contributed by atoms with E-state index in [0.29, 0.717) is 22.9 Å². The van der Waals surface area contributed by atoms with Crippen molar-refractivity contribution in [1.82, 2.24) is 4.90 Å². The van der Waals surface area contributed by atoms with Gasteiger partial charge in [0.05, 0.1) is 12.7 Å². The van der Waals surface area contributed by atoms with Crippen molar-refractivity contribution in [2.75, 3.05) is 25.5 Å². The maximum atomic E-state index is 12.4. The van der Waals surface area contributed by atoms with Gasteiger partial charge in [-0.3, -0.25) is 4.79 Å². The van der Waals surface area contributed by atoms with Crippen LogP contribution in [0.5, 0.6) is 5.75 Å². The molecule has 0 aromatic heterocycles. The number of rotatable bonds is 6. The Morgan fingerprint density at radius 1 is 1.50 bits per heavy atom. The second-order valence-electron chi connectivity index (χ2n) is 3.77. The van der Waals surface area contributed by atoms with Crippen LogP contribution in [-0.2, 0) is 0 Å². The molecule has 0 saturated heterocycles. The Labute approximate surface area is 121 Å². The Morgan fingerprint density at radius 2 is 2.22 bits per heavy atom. The summed E-state index contributed by atoms with van der Waals surface area (Å²) in [6.07, 6.45) is 0.919. The van der Waals surface area contributed by atoms with E-state index in [0.717, 1.165) is 18.3 Å². The molecule has 0 aliphatic rings. The van der Waals surface area contributed by atoms with E-state index in [9.17, 15) is 4.79 Å². The van der Waals surface area contributed by atoms with Crippen LogP contribution in [0.25, 0.3) is 0 Å². The first-order valence-electron chi connectivity index (χ1n) is 5.82. The molecule has 100 valence electrons. The maximum absolute atomic E-state index is 12.4. The fraction of sp³-hybridized carbons (Fsp3) is 0.462.